The van der Waals surface area contributed by atoms with E-state index in [1.165, 1.54) is 33.3 Å². The van der Waals surface area contributed by atoms with Crippen LogP contribution in [0.2, 0.25) is 0 Å². The highest BCUT2D eigenvalue weighted by Crippen LogP contribution is 2.40. The third-order valence-electron chi connectivity index (χ3n) is 5.00. The molecule has 0 spiro atoms. The summed E-state index contributed by atoms with van der Waals surface area (Å²) in [6, 6.07) is 17.2. The molecule has 4 nitrogen and oxygen atoms in total. The van der Waals surface area contributed by atoms with Crippen LogP contribution in [0, 0.1) is 0 Å². The number of aromatic amines is 1. The zero-order valence-corrected chi connectivity index (χ0v) is 14.0. The Morgan fingerprint density at radius 1 is 1.08 bits per heavy atom. The number of nitrogens with one attached hydrogen (secondary N) is 1. The van der Waals surface area contributed by atoms with Gasteiger partial charge in [0.1, 0.15) is 0 Å². The number of benzene rings is 2. The minimum atomic E-state index is 0.903. The fraction of sp³-hybridized carbons (Fsp3) is 0.143. The maximum atomic E-state index is 4.41. The summed E-state index contributed by atoms with van der Waals surface area (Å²) in [7, 11) is 0. The van der Waals surface area contributed by atoms with Crippen molar-refractivity contribution in [3.63, 3.8) is 0 Å². The normalized spacial score (nSPS) is 12.9. The van der Waals surface area contributed by atoms with E-state index in [2.05, 4.69) is 69.5 Å². The quantitative estimate of drug-likeness (QED) is 0.584. The second kappa shape index (κ2) is 5.45. The number of fused-ring (bicyclic) bond motifs is 4. The molecule has 2 aromatic carbocycles. The fourth-order valence-electron chi connectivity index (χ4n) is 3.68. The Labute approximate surface area is 146 Å². The molecule has 4 aromatic rings. The molecule has 0 aliphatic carbocycles. The highest BCUT2D eigenvalue weighted by molar-refractivity contribution is 5.88. The third-order valence-corrected chi connectivity index (χ3v) is 5.00. The van der Waals surface area contributed by atoms with Crippen LogP contribution in [-0.4, -0.2) is 21.7 Å². The van der Waals surface area contributed by atoms with Crippen LogP contribution in [0.4, 0.5) is 5.69 Å². The lowest BCUT2D eigenvalue weighted by molar-refractivity contribution is 0.824. The van der Waals surface area contributed by atoms with Gasteiger partial charge in [0.2, 0.25) is 0 Å². The molecule has 1 N–H and O–H groups in total. The molecular formula is C21H18N4. The van der Waals surface area contributed by atoms with Gasteiger partial charge in [0.05, 0.1) is 17.4 Å². The molecule has 122 valence electrons. The van der Waals surface area contributed by atoms with Crippen molar-refractivity contribution in [2.45, 2.75) is 13.5 Å². The summed E-state index contributed by atoms with van der Waals surface area (Å²) in [5, 5.41) is 8.55. The molecule has 1 aliphatic heterocycles. The van der Waals surface area contributed by atoms with Gasteiger partial charge < -0.3 is 4.90 Å². The molecule has 0 saturated carbocycles. The molecular weight excluding hydrogens is 308 g/mol. The lowest BCUT2D eigenvalue weighted by Gasteiger charge is -2.30. The van der Waals surface area contributed by atoms with Crippen LogP contribution in [0.3, 0.4) is 0 Å². The zero-order valence-electron chi connectivity index (χ0n) is 14.0. The van der Waals surface area contributed by atoms with Crippen LogP contribution in [0.5, 0.6) is 0 Å². The van der Waals surface area contributed by atoms with Gasteiger partial charge in [0.25, 0.3) is 0 Å². The fourth-order valence-corrected chi connectivity index (χ4v) is 3.68. The highest BCUT2D eigenvalue weighted by Gasteiger charge is 2.23. The summed E-state index contributed by atoms with van der Waals surface area (Å²) in [5.41, 5.74) is 8.38. The third kappa shape index (κ3) is 2.22. The van der Waals surface area contributed by atoms with Crippen LogP contribution >= 0.6 is 0 Å². The lowest BCUT2D eigenvalue weighted by Crippen LogP contribution is -2.25. The SMILES string of the molecule is CCN1Cc2cn[nH]c2-c2ccc(-c3ccc4ncccc4c3)cc21. The molecule has 3 heterocycles. The number of H-pyrrole nitrogens is 1. The number of aromatic nitrogens is 3. The number of pyridine rings is 1. The van der Waals surface area contributed by atoms with Gasteiger partial charge in [-0.1, -0.05) is 24.3 Å². The highest BCUT2D eigenvalue weighted by atomic mass is 15.2. The molecule has 0 saturated heterocycles. The second-order valence-corrected chi connectivity index (χ2v) is 6.43. The van der Waals surface area contributed by atoms with E-state index in [1.807, 2.05) is 18.5 Å². The topological polar surface area (TPSA) is 44.8 Å². The summed E-state index contributed by atoms with van der Waals surface area (Å²) in [5.74, 6) is 0. The molecule has 5 rings (SSSR count). The van der Waals surface area contributed by atoms with E-state index in [1.54, 1.807) is 0 Å². The Hall–Kier alpha value is -3.14. The smallest absolute Gasteiger partial charge is 0.0720 e. The van der Waals surface area contributed by atoms with Gasteiger partial charge in [-0.3, -0.25) is 10.1 Å². The molecule has 0 amide bonds. The summed E-state index contributed by atoms with van der Waals surface area (Å²) in [4.78, 5) is 6.81. The molecule has 0 unspecified atom stereocenters. The average Bonchev–Trinajstić information content (AvgIpc) is 3.15. The number of nitrogens with zero attached hydrogens (tertiary/aromatic N) is 3. The molecule has 0 radical (unpaired) electrons. The van der Waals surface area contributed by atoms with Crippen LogP contribution in [-0.2, 0) is 6.54 Å². The first-order valence-corrected chi connectivity index (χ1v) is 8.60. The summed E-state index contributed by atoms with van der Waals surface area (Å²) < 4.78 is 0. The standard InChI is InChI=1S/C21H18N4/c1-2-25-13-17-12-23-24-21(17)18-7-5-15(11-20(18)25)14-6-8-19-16(10-14)4-3-9-22-19/h3-12H,2,13H2,1H3,(H,23,24). The molecule has 0 atom stereocenters. The second-order valence-electron chi connectivity index (χ2n) is 6.43. The maximum Gasteiger partial charge on any atom is 0.0720 e. The van der Waals surface area contributed by atoms with E-state index in [-0.39, 0.29) is 0 Å². The van der Waals surface area contributed by atoms with Crippen LogP contribution in [0.1, 0.15) is 12.5 Å². The number of hydrogen-bond acceptors (Lipinski definition) is 3. The van der Waals surface area contributed by atoms with E-state index < -0.39 is 0 Å². The monoisotopic (exact) mass is 326 g/mol. The van der Waals surface area contributed by atoms with Crippen LogP contribution in [0.25, 0.3) is 33.3 Å². The van der Waals surface area contributed by atoms with Gasteiger partial charge in [-0.15, -0.1) is 0 Å². The molecule has 0 bridgehead atoms. The molecule has 0 fully saturated rings. The van der Waals surface area contributed by atoms with Crippen molar-refractivity contribution in [2.75, 3.05) is 11.4 Å². The summed E-state index contributed by atoms with van der Waals surface area (Å²) in [6.45, 7) is 4.08. The number of anilines is 1. The maximum absolute atomic E-state index is 4.41. The van der Waals surface area contributed by atoms with Crippen molar-refractivity contribution in [1.29, 1.82) is 0 Å². The van der Waals surface area contributed by atoms with Gasteiger partial charge in [-0.2, -0.15) is 5.10 Å². The van der Waals surface area contributed by atoms with Crippen molar-refractivity contribution < 1.29 is 0 Å². The van der Waals surface area contributed by atoms with E-state index in [0.717, 1.165) is 24.3 Å². The molecule has 25 heavy (non-hydrogen) atoms. The van der Waals surface area contributed by atoms with Gasteiger partial charge in [0.15, 0.2) is 0 Å². The first kappa shape index (κ1) is 14.2. The number of rotatable bonds is 2. The van der Waals surface area contributed by atoms with E-state index in [9.17, 15) is 0 Å². The van der Waals surface area contributed by atoms with E-state index in [4.69, 9.17) is 0 Å². The Morgan fingerprint density at radius 2 is 1.96 bits per heavy atom. The van der Waals surface area contributed by atoms with Crippen molar-refractivity contribution in [2.24, 2.45) is 0 Å². The molecule has 1 aliphatic rings. The van der Waals surface area contributed by atoms with Crippen molar-refractivity contribution in [3.8, 4) is 22.4 Å². The summed E-state index contributed by atoms with van der Waals surface area (Å²) >= 11 is 0. The van der Waals surface area contributed by atoms with Gasteiger partial charge in [-0.05, 0) is 42.3 Å². The summed E-state index contributed by atoms with van der Waals surface area (Å²) in [6.07, 6.45) is 3.77. The van der Waals surface area contributed by atoms with Gasteiger partial charge >= 0.3 is 0 Å². The first-order valence-electron chi connectivity index (χ1n) is 8.60. The Bertz CT molecular complexity index is 1080. The lowest BCUT2D eigenvalue weighted by atomic mass is 9.95. The van der Waals surface area contributed by atoms with Crippen molar-refractivity contribution in [3.05, 3.63) is 66.5 Å². The predicted molar refractivity (Wildman–Crippen MR) is 101 cm³/mol. The average molecular weight is 326 g/mol. The van der Waals surface area contributed by atoms with Crippen molar-refractivity contribution in [1.82, 2.24) is 15.2 Å². The van der Waals surface area contributed by atoms with Gasteiger partial charge in [-0.25, -0.2) is 0 Å². The van der Waals surface area contributed by atoms with E-state index >= 15 is 0 Å². The Balaban J connectivity index is 1.66. The van der Waals surface area contributed by atoms with E-state index in [0.29, 0.717) is 0 Å². The number of hydrogen-bond donors (Lipinski definition) is 1. The minimum Gasteiger partial charge on any atom is -0.367 e. The largest absolute Gasteiger partial charge is 0.367 e. The first-order chi connectivity index (χ1) is 12.3. The predicted octanol–water partition coefficient (Wildman–Crippen LogP) is 4.63. The van der Waals surface area contributed by atoms with Crippen LogP contribution < -0.4 is 4.90 Å². The van der Waals surface area contributed by atoms with Crippen molar-refractivity contribution >= 4 is 16.6 Å². The minimum absolute atomic E-state index is 0.903. The van der Waals surface area contributed by atoms with Gasteiger partial charge in [0, 0.05) is 41.5 Å². The van der Waals surface area contributed by atoms with Crippen LogP contribution in [0.15, 0.2) is 60.9 Å². The molecule has 4 heteroatoms. The Kier molecular flexibility index (Phi) is 3.10. The molecule has 2 aromatic heterocycles. The Morgan fingerprint density at radius 3 is 2.88 bits per heavy atom. The zero-order chi connectivity index (χ0) is 16.8.